The number of hydrogen-bond acceptors (Lipinski definition) is 4. The van der Waals surface area contributed by atoms with Crippen LogP contribution < -0.4 is 9.42 Å². The average molecular weight is 326 g/mol. The number of aryl methyl sites for hydroxylation is 1. The van der Waals surface area contributed by atoms with E-state index >= 15 is 0 Å². The summed E-state index contributed by atoms with van der Waals surface area (Å²) in [4.78, 5) is 11.3. The Morgan fingerprint density at radius 3 is 2.44 bits per heavy atom. The van der Waals surface area contributed by atoms with E-state index in [9.17, 15) is 4.89 Å². The fourth-order valence-electron chi connectivity index (χ4n) is 1.55. The van der Waals surface area contributed by atoms with Gasteiger partial charge in [-0.1, -0.05) is 43.5 Å². The van der Waals surface area contributed by atoms with Crippen molar-refractivity contribution in [3.8, 4) is 5.75 Å². The smallest absolute Gasteiger partial charge is 0.809 e. The molecule has 0 aliphatic carbocycles. The standard InChI is InChI=1S/C10H15O2PS2.Zn/c1-3-8-6-5-7-10(9(8)4-2)12-13(11,14)15;/h5-7H,3-4H2,1-2H3,(H2,11,14,15);/q;+2/p-2. The van der Waals surface area contributed by atoms with Crippen molar-refractivity contribution in [2.24, 2.45) is 0 Å². The van der Waals surface area contributed by atoms with Crippen LogP contribution >= 0.6 is 5.69 Å². The van der Waals surface area contributed by atoms with Gasteiger partial charge in [0.1, 0.15) is 5.75 Å². The first-order valence-corrected chi connectivity index (χ1v) is 8.45. The minimum Gasteiger partial charge on any atom is -0.809 e. The molecule has 0 heterocycles. The molecule has 1 aromatic carbocycles. The van der Waals surface area contributed by atoms with E-state index in [2.05, 4.69) is 31.0 Å². The second kappa shape index (κ2) is 7.13. The second-order valence-electron chi connectivity index (χ2n) is 3.14. The Kier molecular flexibility index (Phi) is 7.40. The van der Waals surface area contributed by atoms with E-state index in [0.717, 1.165) is 18.4 Å². The van der Waals surface area contributed by atoms with E-state index in [1.165, 1.54) is 5.56 Å². The van der Waals surface area contributed by atoms with Gasteiger partial charge in [-0.2, -0.15) is 0 Å². The Morgan fingerprint density at radius 2 is 2.00 bits per heavy atom. The quantitative estimate of drug-likeness (QED) is 0.483. The summed E-state index contributed by atoms with van der Waals surface area (Å²) in [5.41, 5.74) is -1.05. The van der Waals surface area contributed by atoms with Crippen LogP contribution in [0.5, 0.6) is 5.75 Å². The molecule has 0 aliphatic rings. The molecule has 84 valence electrons. The van der Waals surface area contributed by atoms with Gasteiger partial charge in [-0.3, -0.25) is 0 Å². The van der Waals surface area contributed by atoms with Crippen LogP contribution in [0.2, 0.25) is 0 Å². The van der Waals surface area contributed by atoms with E-state index in [0.29, 0.717) is 5.75 Å². The first-order chi connectivity index (χ1) is 6.98. The third-order valence-electron chi connectivity index (χ3n) is 2.17. The Bertz CT molecular complexity index is 392. The van der Waals surface area contributed by atoms with Crippen molar-refractivity contribution < 1.29 is 28.9 Å². The minimum atomic E-state index is -3.29. The third-order valence-corrected chi connectivity index (χ3v) is 3.04. The Morgan fingerprint density at radius 1 is 1.38 bits per heavy atom. The molecule has 1 aromatic rings. The van der Waals surface area contributed by atoms with Crippen LogP contribution in [-0.4, -0.2) is 0 Å². The van der Waals surface area contributed by atoms with Gasteiger partial charge in [-0.05, 0) is 30.0 Å². The molecule has 0 spiro atoms. The van der Waals surface area contributed by atoms with E-state index in [1.54, 1.807) is 6.07 Å². The summed E-state index contributed by atoms with van der Waals surface area (Å²) >= 11 is 9.20. The van der Waals surface area contributed by atoms with Crippen LogP contribution in [0.3, 0.4) is 0 Å². The molecule has 0 aromatic heterocycles. The molecule has 0 fully saturated rings. The fraction of sp³-hybridized carbons (Fsp3) is 0.400. The SMILES string of the molecule is CCc1cccc(OP([O-])(=S)[S-])c1CC.[Zn+2]. The molecule has 1 atom stereocenters. The molecule has 0 saturated heterocycles. The van der Waals surface area contributed by atoms with Gasteiger partial charge < -0.3 is 21.7 Å². The molecule has 1 rings (SSSR count). The summed E-state index contributed by atoms with van der Waals surface area (Å²) in [6, 6.07) is 5.67. The van der Waals surface area contributed by atoms with Gasteiger partial charge in [0.25, 0.3) is 0 Å². The molecule has 6 heteroatoms. The predicted molar refractivity (Wildman–Crippen MR) is 67.5 cm³/mol. The Balaban J connectivity index is 0.00000225. The molecule has 0 radical (unpaired) electrons. The van der Waals surface area contributed by atoms with Crippen LogP contribution in [0, 0.1) is 0 Å². The molecule has 0 amide bonds. The van der Waals surface area contributed by atoms with Gasteiger partial charge in [0, 0.05) is 0 Å². The van der Waals surface area contributed by atoms with E-state index < -0.39 is 5.69 Å². The third kappa shape index (κ3) is 4.85. The van der Waals surface area contributed by atoms with Crippen LogP contribution in [0.4, 0.5) is 0 Å². The molecular weight excluding hydrogens is 313 g/mol. The van der Waals surface area contributed by atoms with Crippen LogP contribution in [0.1, 0.15) is 25.0 Å². The van der Waals surface area contributed by atoms with Crippen LogP contribution in [0.15, 0.2) is 18.2 Å². The normalized spacial score (nSPS) is 13.8. The maximum atomic E-state index is 11.3. The second-order valence-corrected chi connectivity index (χ2v) is 7.79. The van der Waals surface area contributed by atoms with Crippen molar-refractivity contribution in [3.05, 3.63) is 29.3 Å². The van der Waals surface area contributed by atoms with Crippen molar-refractivity contribution in [2.75, 3.05) is 0 Å². The van der Waals surface area contributed by atoms with Crippen LogP contribution in [0.25, 0.3) is 0 Å². The zero-order valence-corrected chi connectivity index (χ0v) is 14.9. The molecule has 0 N–H and O–H groups in total. The molecule has 0 saturated carbocycles. The van der Waals surface area contributed by atoms with Gasteiger partial charge in [0.05, 0.1) is 0 Å². The van der Waals surface area contributed by atoms with Crippen molar-refractivity contribution in [1.82, 2.24) is 0 Å². The monoisotopic (exact) mass is 324 g/mol. The average Bonchev–Trinajstić information content (AvgIpc) is 2.15. The predicted octanol–water partition coefficient (Wildman–Crippen LogP) is 2.32. The fourth-order valence-corrected chi connectivity index (χ4v) is 2.44. The molecule has 0 aliphatic heterocycles. The summed E-state index contributed by atoms with van der Waals surface area (Å²) in [6.45, 7) is 4.10. The summed E-state index contributed by atoms with van der Waals surface area (Å²) < 4.78 is 5.15. The van der Waals surface area contributed by atoms with Gasteiger partial charge in [0.2, 0.25) is 0 Å². The first kappa shape index (κ1) is 16.6. The zero-order valence-electron chi connectivity index (χ0n) is 9.43. The zero-order chi connectivity index (χ0) is 11.5. The maximum Gasteiger partial charge on any atom is 2.00 e. The van der Waals surface area contributed by atoms with E-state index in [1.807, 2.05) is 19.1 Å². The van der Waals surface area contributed by atoms with Gasteiger partial charge in [-0.25, -0.2) is 0 Å². The topological polar surface area (TPSA) is 32.3 Å². The number of rotatable bonds is 4. The van der Waals surface area contributed by atoms with E-state index in [4.69, 9.17) is 4.52 Å². The van der Waals surface area contributed by atoms with Crippen molar-refractivity contribution in [3.63, 3.8) is 0 Å². The summed E-state index contributed by atoms with van der Waals surface area (Å²) in [7, 11) is 0. The molecule has 0 bridgehead atoms. The molecule has 1 unspecified atom stereocenters. The van der Waals surface area contributed by atoms with Gasteiger partial charge in [-0.15, -0.1) is 0 Å². The Labute approximate surface area is 120 Å². The first-order valence-electron chi connectivity index (χ1n) is 4.80. The summed E-state index contributed by atoms with van der Waals surface area (Å²) in [5, 5.41) is 0. The Hall–Kier alpha value is 0.603. The summed E-state index contributed by atoms with van der Waals surface area (Å²) in [6.07, 6.45) is 1.74. The van der Waals surface area contributed by atoms with Gasteiger partial charge >= 0.3 is 19.5 Å². The maximum absolute atomic E-state index is 11.3. The summed E-state index contributed by atoms with van der Waals surface area (Å²) in [5.74, 6) is 0.574. The van der Waals surface area contributed by atoms with Gasteiger partial charge in [0.15, 0.2) is 0 Å². The number of benzene rings is 1. The minimum absolute atomic E-state index is 0. The molecular formula is C10H13O2PS2Zn. The van der Waals surface area contributed by atoms with Crippen molar-refractivity contribution in [2.45, 2.75) is 26.7 Å². The molecule has 16 heavy (non-hydrogen) atoms. The van der Waals surface area contributed by atoms with Crippen LogP contribution in [-0.2, 0) is 56.4 Å². The van der Waals surface area contributed by atoms with E-state index in [-0.39, 0.29) is 19.5 Å². The van der Waals surface area contributed by atoms with Crippen molar-refractivity contribution in [1.29, 1.82) is 0 Å². The molecule has 2 nitrogen and oxygen atoms in total. The van der Waals surface area contributed by atoms with Crippen molar-refractivity contribution >= 4 is 29.7 Å². The largest absolute Gasteiger partial charge is 2.00 e. The number of hydrogen-bond donors (Lipinski definition) is 0.